The Labute approximate surface area is 117 Å². The van der Waals surface area contributed by atoms with Crippen LogP contribution in [-0.4, -0.2) is 19.3 Å². The second-order valence-corrected chi connectivity index (χ2v) is 6.43. The van der Waals surface area contributed by atoms with Crippen molar-refractivity contribution in [3.63, 3.8) is 0 Å². The Bertz CT molecular complexity index is 434. The van der Waals surface area contributed by atoms with Gasteiger partial charge in [0.25, 0.3) is 0 Å². The van der Waals surface area contributed by atoms with Gasteiger partial charge >= 0.3 is 0 Å². The monoisotopic (exact) mass is 312 g/mol. The summed E-state index contributed by atoms with van der Waals surface area (Å²) in [5.41, 5.74) is 8.08. The van der Waals surface area contributed by atoms with E-state index in [1.807, 2.05) is 12.1 Å². The van der Waals surface area contributed by atoms with E-state index in [0.717, 1.165) is 23.1 Å². The molecule has 1 aliphatic carbocycles. The Morgan fingerprint density at radius 3 is 2.78 bits per heavy atom. The molecule has 3 N–H and O–H groups in total. The topological polar surface area (TPSA) is 47.3 Å². The molecule has 0 heterocycles. The standard InChI is InChI=1S/C14H21BrN2O/c1-14(2)12(7-13(14)18-3)17-8-9-4-5-10(15)11(16)6-9/h4-6,12-13,17H,7-8,16H2,1-3H3. The highest BCUT2D eigenvalue weighted by atomic mass is 79.9. The molecule has 2 rings (SSSR count). The number of ether oxygens (including phenoxy) is 1. The number of rotatable bonds is 4. The number of halogens is 1. The average Bonchev–Trinajstić information content (AvgIpc) is 2.32. The first-order valence-corrected chi connectivity index (χ1v) is 7.04. The normalized spacial score (nSPS) is 25.8. The van der Waals surface area contributed by atoms with Gasteiger partial charge in [-0.05, 0) is 40.0 Å². The Kier molecular flexibility index (Phi) is 3.99. The molecular weight excluding hydrogens is 292 g/mol. The van der Waals surface area contributed by atoms with Gasteiger partial charge < -0.3 is 15.8 Å². The third-order valence-electron chi connectivity index (χ3n) is 4.08. The SMILES string of the molecule is COC1CC(NCc2ccc(Br)c(N)c2)C1(C)C. The van der Waals surface area contributed by atoms with E-state index in [9.17, 15) is 0 Å². The number of hydrogen-bond acceptors (Lipinski definition) is 3. The van der Waals surface area contributed by atoms with Gasteiger partial charge in [0.1, 0.15) is 0 Å². The zero-order chi connectivity index (χ0) is 13.3. The van der Waals surface area contributed by atoms with Crippen molar-refractivity contribution in [3.8, 4) is 0 Å². The molecule has 4 heteroatoms. The number of nitrogen functional groups attached to an aromatic ring is 1. The quantitative estimate of drug-likeness (QED) is 0.840. The van der Waals surface area contributed by atoms with Crippen LogP contribution < -0.4 is 11.1 Å². The molecule has 0 radical (unpaired) electrons. The highest BCUT2D eigenvalue weighted by Gasteiger charge is 2.48. The predicted molar refractivity (Wildman–Crippen MR) is 78.4 cm³/mol. The summed E-state index contributed by atoms with van der Waals surface area (Å²) in [5.74, 6) is 0. The molecule has 1 fully saturated rings. The molecule has 0 saturated heterocycles. The van der Waals surface area contributed by atoms with E-state index in [2.05, 4.69) is 41.2 Å². The van der Waals surface area contributed by atoms with Gasteiger partial charge in [0.15, 0.2) is 0 Å². The maximum atomic E-state index is 5.88. The van der Waals surface area contributed by atoms with Crippen molar-refractivity contribution >= 4 is 21.6 Å². The summed E-state index contributed by atoms with van der Waals surface area (Å²) in [4.78, 5) is 0. The van der Waals surface area contributed by atoms with Crippen LogP contribution in [0.2, 0.25) is 0 Å². The molecule has 0 amide bonds. The molecule has 2 unspecified atom stereocenters. The molecule has 1 aromatic rings. The predicted octanol–water partition coefficient (Wildman–Crippen LogP) is 2.93. The fraction of sp³-hybridized carbons (Fsp3) is 0.571. The molecule has 100 valence electrons. The van der Waals surface area contributed by atoms with Gasteiger partial charge in [-0.25, -0.2) is 0 Å². The third kappa shape index (κ3) is 2.56. The minimum atomic E-state index is 0.204. The Morgan fingerprint density at radius 1 is 1.50 bits per heavy atom. The van der Waals surface area contributed by atoms with Gasteiger partial charge in [0, 0.05) is 35.3 Å². The molecule has 18 heavy (non-hydrogen) atoms. The van der Waals surface area contributed by atoms with Crippen molar-refractivity contribution in [1.29, 1.82) is 0 Å². The lowest BCUT2D eigenvalue weighted by molar-refractivity contribution is -0.0979. The molecule has 1 aliphatic rings. The highest BCUT2D eigenvalue weighted by Crippen LogP contribution is 2.42. The summed E-state index contributed by atoms with van der Waals surface area (Å²) in [7, 11) is 1.79. The number of anilines is 1. The fourth-order valence-electron chi connectivity index (χ4n) is 2.58. The average molecular weight is 313 g/mol. The van der Waals surface area contributed by atoms with E-state index in [4.69, 9.17) is 10.5 Å². The minimum Gasteiger partial charge on any atom is -0.398 e. The van der Waals surface area contributed by atoms with Gasteiger partial charge in [-0.1, -0.05) is 19.9 Å². The molecule has 1 aromatic carbocycles. The highest BCUT2D eigenvalue weighted by molar-refractivity contribution is 9.10. The van der Waals surface area contributed by atoms with Crippen LogP contribution in [0.15, 0.2) is 22.7 Å². The maximum Gasteiger partial charge on any atom is 0.0652 e. The number of nitrogens with two attached hydrogens (primary N) is 1. The maximum absolute atomic E-state index is 5.88. The Morgan fingerprint density at radius 2 is 2.22 bits per heavy atom. The molecule has 0 aliphatic heterocycles. The molecule has 0 bridgehead atoms. The van der Waals surface area contributed by atoms with Gasteiger partial charge in [-0.3, -0.25) is 0 Å². The third-order valence-corrected chi connectivity index (χ3v) is 4.80. The number of hydrogen-bond donors (Lipinski definition) is 2. The second-order valence-electron chi connectivity index (χ2n) is 5.57. The first kappa shape index (κ1) is 13.8. The van der Waals surface area contributed by atoms with Crippen LogP contribution in [0.25, 0.3) is 0 Å². The Balaban J connectivity index is 1.91. The minimum absolute atomic E-state index is 0.204. The van der Waals surface area contributed by atoms with E-state index >= 15 is 0 Å². The van der Waals surface area contributed by atoms with Crippen molar-refractivity contribution < 1.29 is 4.74 Å². The van der Waals surface area contributed by atoms with E-state index in [1.54, 1.807) is 7.11 Å². The van der Waals surface area contributed by atoms with Crippen molar-refractivity contribution in [2.24, 2.45) is 5.41 Å². The summed E-state index contributed by atoms with van der Waals surface area (Å²) in [6, 6.07) is 6.60. The summed E-state index contributed by atoms with van der Waals surface area (Å²) in [5, 5.41) is 3.59. The lowest BCUT2D eigenvalue weighted by atomic mass is 9.64. The molecule has 3 nitrogen and oxygen atoms in total. The summed E-state index contributed by atoms with van der Waals surface area (Å²) in [6.45, 7) is 5.35. The first-order chi connectivity index (χ1) is 8.45. The molecule has 2 atom stereocenters. The van der Waals surface area contributed by atoms with E-state index < -0.39 is 0 Å². The largest absolute Gasteiger partial charge is 0.398 e. The van der Waals surface area contributed by atoms with E-state index in [0.29, 0.717) is 12.1 Å². The van der Waals surface area contributed by atoms with Crippen LogP contribution in [0.3, 0.4) is 0 Å². The van der Waals surface area contributed by atoms with Crippen LogP contribution >= 0.6 is 15.9 Å². The van der Waals surface area contributed by atoms with Gasteiger partial charge in [-0.15, -0.1) is 0 Å². The zero-order valence-electron chi connectivity index (χ0n) is 11.2. The summed E-state index contributed by atoms with van der Waals surface area (Å²) in [6.07, 6.45) is 1.44. The smallest absolute Gasteiger partial charge is 0.0652 e. The van der Waals surface area contributed by atoms with Crippen molar-refractivity contribution in [3.05, 3.63) is 28.2 Å². The lowest BCUT2D eigenvalue weighted by Gasteiger charge is -2.51. The fourth-order valence-corrected chi connectivity index (χ4v) is 2.82. The van der Waals surface area contributed by atoms with E-state index in [-0.39, 0.29) is 5.41 Å². The van der Waals surface area contributed by atoms with Crippen LogP contribution in [0.4, 0.5) is 5.69 Å². The van der Waals surface area contributed by atoms with Crippen LogP contribution in [0.5, 0.6) is 0 Å². The summed E-state index contributed by atoms with van der Waals surface area (Å²) < 4.78 is 6.41. The van der Waals surface area contributed by atoms with Crippen molar-refractivity contribution in [1.82, 2.24) is 5.32 Å². The molecule has 0 aromatic heterocycles. The number of methoxy groups -OCH3 is 1. The van der Waals surface area contributed by atoms with Crippen LogP contribution in [-0.2, 0) is 11.3 Å². The van der Waals surface area contributed by atoms with Crippen molar-refractivity contribution in [2.75, 3.05) is 12.8 Å². The summed E-state index contributed by atoms with van der Waals surface area (Å²) >= 11 is 3.41. The van der Waals surface area contributed by atoms with Gasteiger partial charge in [0.2, 0.25) is 0 Å². The van der Waals surface area contributed by atoms with Gasteiger partial charge in [-0.2, -0.15) is 0 Å². The van der Waals surface area contributed by atoms with Crippen LogP contribution in [0, 0.1) is 5.41 Å². The van der Waals surface area contributed by atoms with Crippen LogP contribution in [0.1, 0.15) is 25.8 Å². The lowest BCUT2D eigenvalue weighted by Crippen LogP contribution is -2.60. The number of benzene rings is 1. The second kappa shape index (κ2) is 5.19. The van der Waals surface area contributed by atoms with E-state index in [1.165, 1.54) is 5.56 Å². The van der Waals surface area contributed by atoms with Crippen molar-refractivity contribution in [2.45, 2.75) is 39.0 Å². The molecular formula is C14H21BrN2O. The number of nitrogens with one attached hydrogen (secondary N) is 1. The first-order valence-electron chi connectivity index (χ1n) is 6.25. The molecule has 1 saturated carbocycles. The molecule has 0 spiro atoms. The Hall–Kier alpha value is -0.580. The van der Waals surface area contributed by atoms with Gasteiger partial charge in [0.05, 0.1) is 6.10 Å². The zero-order valence-corrected chi connectivity index (χ0v) is 12.8.